The van der Waals surface area contributed by atoms with Crippen LogP contribution in [0.15, 0.2) is 46.9 Å². The van der Waals surface area contributed by atoms with Gasteiger partial charge in [-0.3, -0.25) is 9.69 Å². The van der Waals surface area contributed by atoms with Crippen molar-refractivity contribution < 1.29 is 9.21 Å². The number of aryl methyl sites for hydroxylation is 1. The Morgan fingerprint density at radius 2 is 1.92 bits per heavy atom. The van der Waals surface area contributed by atoms with Crippen molar-refractivity contribution in [2.75, 3.05) is 26.2 Å². The second-order valence-corrected chi connectivity index (χ2v) is 10.9. The van der Waals surface area contributed by atoms with Gasteiger partial charge in [-0.15, -0.1) is 0 Å². The van der Waals surface area contributed by atoms with Crippen LogP contribution >= 0.6 is 11.6 Å². The molecular weight excluding hydrogens is 472 g/mol. The third-order valence-corrected chi connectivity index (χ3v) is 8.34. The largest absolute Gasteiger partial charge is 0.441 e. The first kappa shape index (κ1) is 23.7. The molecular formula is C29H33ClN4O2. The summed E-state index contributed by atoms with van der Waals surface area (Å²) in [6.45, 7) is 7.60. The van der Waals surface area contributed by atoms with Gasteiger partial charge in [-0.2, -0.15) is 0 Å². The number of likely N-dealkylation sites (tertiary alicyclic amines) is 1. The van der Waals surface area contributed by atoms with Gasteiger partial charge in [0.05, 0.1) is 5.69 Å². The predicted octanol–water partition coefficient (Wildman–Crippen LogP) is 5.39. The minimum Gasteiger partial charge on any atom is -0.441 e. The van der Waals surface area contributed by atoms with Gasteiger partial charge in [-0.25, -0.2) is 4.98 Å². The van der Waals surface area contributed by atoms with Crippen LogP contribution < -0.4 is 5.32 Å². The van der Waals surface area contributed by atoms with Crippen LogP contribution in [0, 0.1) is 6.92 Å². The van der Waals surface area contributed by atoms with Crippen LogP contribution in [0.25, 0.3) is 11.5 Å². The molecule has 0 saturated carbocycles. The van der Waals surface area contributed by atoms with Gasteiger partial charge in [0.1, 0.15) is 5.76 Å². The third kappa shape index (κ3) is 4.70. The van der Waals surface area contributed by atoms with Crippen LogP contribution in [0.5, 0.6) is 0 Å². The SMILES string of the molecule is Cc1oc(-c2ccc(Cl)cc2)nc1CN1CCC(c2ccc3c(c2)CN(C2CCCNC2)C3=O)CC1. The zero-order chi connectivity index (χ0) is 24.6. The van der Waals surface area contributed by atoms with Gasteiger partial charge in [0.25, 0.3) is 5.91 Å². The van der Waals surface area contributed by atoms with Crippen molar-refractivity contribution in [1.29, 1.82) is 0 Å². The summed E-state index contributed by atoms with van der Waals surface area (Å²) in [6.07, 6.45) is 4.48. The van der Waals surface area contributed by atoms with E-state index in [4.69, 9.17) is 21.0 Å². The first-order valence-electron chi connectivity index (χ1n) is 13.1. The van der Waals surface area contributed by atoms with Gasteiger partial charge in [0.2, 0.25) is 5.89 Å². The van der Waals surface area contributed by atoms with Gasteiger partial charge in [-0.05, 0) is 99.6 Å². The van der Waals surface area contributed by atoms with Crippen molar-refractivity contribution in [2.24, 2.45) is 0 Å². The number of rotatable bonds is 5. The minimum absolute atomic E-state index is 0.209. The van der Waals surface area contributed by atoms with Crippen molar-refractivity contribution in [1.82, 2.24) is 20.1 Å². The summed E-state index contributed by atoms with van der Waals surface area (Å²) in [5, 5.41) is 4.15. The van der Waals surface area contributed by atoms with E-state index in [0.29, 0.717) is 22.9 Å². The van der Waals surface area contributed by atoms with Crippen LogP contribution in [-0.2, 0) is 13.1 Å². The average Bonchev–Trinajstić information content (AvgIpc) is 3.44. The Bertz CT molecular complexity index is 1240. The van der Waals surface area contributed by atoms with E-state index in [9.17, 15) is 4.79 Å². The molecule has 36 heavy (non-hydrogen) atoms. The van der Waals surface area contributed by atoms with Crippen LogP contribution in [0.4, 0.5) is 0 Å². The molecule has 0 aliphatic carbocycles. The summed E-state index contributed by atoms with van der Waals surface area (Å²) in [4.78, 5) is 22.3. The van der Waals surface area contributed by atoms with Crippen LogP contribution in [0.3, 0.4) is 0 Å². The number of amides is 1. The maximum Gasteiger partial charge on any atom is 0.254 e. The smallest absolute Gasteiger partial charge is 0.254 e. The Morgan fingerprint density at radius 3 is 2.67 bits per heavy atom. The molecule has 1 atom stereocenters. The minimum atomic E-state index is 0.209. The highest BCUT2D eigenvalue weighted by atomic mass is 35.5. The summed E-state index contributed by atoms with van der Waals surface area (Å²) in [7, 11) is 0. The normalized spacial score (nSPS) is 21.2. The quantitative estimate of drug-likeness (QED) is 0.504. The highest BCUT2D eigenvalue weighted by molar-refractivity contribution is 6.30. The number of nitrogens with zero attached hydrogens (tertiary/aromatic N) is 3. The van der Waals surface area contributed by atoms with E-state index < -0.39 is 0 Å². The average molecular weight is 505 g/mol. The molecule has 4 heterocycles. The number of hydrogen-bond donors (Lipinski definition) is 1. The highest BCUT2D eigenvalue weighted by Crippen LogP contribution is 2.34. The second kappa shape index (κ2) is 10.0. The lowest BCUT2D eigenvalue weighted by atomic mass is 9.88. The van der Waals surface area contributed by atoms with Crippen molar-refractivity contribution in [3.8, 4) is 11.5 Å². The number of nitrogens with one attached hydrogen (secondary N) is 1. The number of piperidine rings is 2. The molecule has 7 heteroatoms. The van der Waals surface area contributed by atoms with E-state index in [1.54, 1.807) is 0 Å². The molecule has 1 N–H and O–H groups in total. The molecule has 3 aliphatic heterocycles. The Morgan fingerprint density at radius 1 is 1.11 bits per heavy atom. The second-order valence-electron chi connectivity index (χ2n) is 10.4. The number of carbonyl (C=O) groups is 1. The fraction of sp³-hybridized carbons (Fsp3) is 0.448. The zero-order valence-electron chi connectivity index (χ0n) is 20.8. The van der Waals surface area contributed by atoms with Gasteiger partial charge in [0, 0.05) is 41.8 Å². The number of hydrogen-bond acceptors (Lipinski definition) is 5. The highest BCUT2D eigenvalue weighted by Gasteiger charge is 2.34. The molecule has 3 aromatic rings. The van der Waals surface area contributed by atoms with Crippen molar-refractivity contribution in [3.05, 3.63) is 75.6 Å². The first-order valence-corrected chi connectivity index (χ1v) is 13.5. The lowest BCUT2D eigenvalue weighted by Gasteiger charge is -2.32. The molecule has 6 rings (SSSR count). The first-order chi connectivity index (χ1) is 17.5. The number of halogens is 1. The maximum absolute atomic E-state index is 13.0. The third-order valence-electron chi connectivity index (χ3n) is 8.09. The Labute approximate surface area is 217 Å². The molecule has 0 bridgehead atoms. The molecule has 1 unspecified atom stereocenters. The number of fused-ring (bicyclic) bond motifs is 1. The van der Waals surface area contributed by atoms with Crippen molar-refractivity contribution in [3.63, 3.8) is 0 Å². The van der Waals surface area contributed by atoms with Crippen LogP contribution in [-0.4, -0.2) is 52.9 Å². The van der Waals surface area contributed by atoms with E-state index in [1.165, 1.54) is 11.1 Å². The fourth-order valence-corrected chi connectivity index (χ4v) is 6.06. The lowest BCUT2D eigenvalue weighted by Crippen LogP contribution is -2.46. The molecule has 1 aromatic heterocycles. The van der Waals surface area contributed by atoms with Crippen molar-refractivity contribution >= 4 is 17.5 Å². The number of aromatic nitrogens is 1. The van der Waals surface area contributed by atoms with E-state index in [2.05, 4.69) is 33.3 Å². The van der Waals surface area contributed by atoms with E-state index >= 15 is 0 Å². The standard InChI is InChI=1S/C29H33ClN4O2/c1-19-27(32-28(36-19)21-4-7-24(30)8-5-21)18-33-13-10-20(11-14-33)22-6-9-26-23(15-22)17-34(29(26)35)25-3-2-12-31-16-25/h4-9,15,20,25,31H,2-3,10-14,16-18H2,1H3. The van der Waals surface area contributed by atoms with Gasteiger partial charge >= 0.3 is 0 Å². The molecule has 3 aliphatic rings. The van der Waals surface area contributed by atoms with Crippen molar-refractivity contribution in [2.45, 2.75) is 57.7 Å². The summed E-state index contributed by atoms with van der Waals surface area (Å²) in [6, 6.07) is 14.5. The Kier molecular flexibility index (Phi) is 6.59. The van der Waals surface area contributed by atoms with Gasteiger partial charge < -0.3 is 14.6 Å². The monoisotopic (exact) mass is 504 g/mol. The van der Waals surface area contributed by atoms with Crippen LogP contribution in [0.1, 0.15) is 64.5 Å². The predicted molar refractivity (Wildman–Crippen MR) is 141 cm³/mol. The summed E-state index contributed by atoms with van der Waals surface area (Å²) >= 11 is 6.02. The van der Waals surface area contributed by atoms with E-state index in [0.717, 1.165) is 87.5 Å². The van der Waals surface area contributed by atoms with E-state index in [-0.39, 0.29) is 5.91 Å². The molecule has 2 fully saturated rings. The van der Waals surface area contributed by atoms with E-state index in [1.807, 2.05) is 31.2 Å². The number of oxazole rings is 1. The van der Waals surface area contributed by atoms with Gasteiger partial charge in [0.15, 0.2) is 0 Å². The molecule has 0 spiro atoms. The molecule has 2 saturated heterocycles. The molecule has 0 radical (unpaired) electrons. The molecule has 188 valence electrons. The summed E-state index contributed by atoms with van der Waals surface area (Å²) in [5.41, 5.74) is 5.44. The Balaban J connectivity index is 1.08. The number of carbonyl (C=O) groups excluding carboxylic acids is 1. The molecule has 1 amide bonds. The number of benzene rings is 2. The van der Waals surface area contributed by atoms with Crippen LogP contribution in [0.2, 0.25) is 5.02 Å². The fourth-order valence-electron chi connectivity index (χ4n) is 5.94. The molecule has 2 aromatic carbocycles. The maximum atomic E-state index is 13.0. The Hall–Kier alpha value is -2.67. The van der Waals surface area contributed by atoms with Gasteiger partial charge in [-0.1, -0.05) is 23.7 Å². The zero-order valence-corrected chi connectivity index (χ0v) is 21.6. The summed E-state index contributed by atoms with van der Waals surface area (Å²) < 4.78 is 5.96. The molecule has 6 nitrogen and oxygen atoms in total. The summed E-state index contributed by atoms with van der Waals surface area (Å²) in [5.74, 6) is 2.28. The topological polar surface area (TPSA) is 61.6 Å². The lowest BCUT2D eigenvalue weighted by molar-refractivity contribution is 0.0674.